The van der Waals surface area contributed by atoms with Crippen LogP contribution in [0.1, 0.15) is 12.8 Å². The molecule has 2 aromatic carbocycles. The Bertz CT molecular complexity index is 950. The highest BCUT2D eigenvalue weighted by Gasteiger charge is 2.21. The molecule has 29 heavy (non-hydrogen) atoms. The highest BCUT2D eigenvalue weighted by molar-refractivity contribution is 5.90. The zero-order chi connectivity index (χ0) is 19.5. The third kappa shape index (κ3) is 3.98. The number of rotatable bonds is 5. The number of nitrogens with one attached hydrogen (secondary N) is 1. The first-order valence-electron chi connectivity index (χ1n) is 10.5. The Kier molecular flexibility index (Phi) is 5.17. The molecule has 150 valence electrons. The normalized spacial score (nSPS) is 19.7. The van der Waals surface area contributed by atoms with Crippen LogP contribution in [-0.2, 0) is 4.74 Å². The van der Waals surface area contributed by atoms with E-state index in [1.54, 1.807) is 0 Å². The van der Waals surface area contributed by atoms with Crippen LogP contribution < -0.4 is 15.1 Å². The average Bonchev–Trinajstić information content (AvgIpc) is 3.32. The molecule has 1 atom stereocenters. The van der Waals surface area contributed by atoms with Crippen molar-refractivity contribution < 1.29 is 4.74 Å². The van der Waals surface area contributed by atoms with Crippen LogP contribution in [-0.4, -0.2) is 55.4 Å². The highest BCUT2D eigenvalue weighted by atomic mass is 16.5. The summed E-state index contributed by atoms with van der Waals surface area (Å²) >= 11 is 0. The van der Waals surface area contributed by atoms with Crippen LogP contribution in [0.25, 0.3) is 10.9 Å². The van der Waals surface area contributed by atoms with E-state index in [0.29, 0.717) is 0 Å². The predicted molar refractivity (Wildman–Crippen MR) is 118 cm³/mol. The van der Waals surface area contributed by atoms with Crippen molar-refractivity contribution in [2.45, 2.75) is 18.9 Å². The summed E-state index contributed by atoms with van der Waals surface area (Å²) in [6.07, 6.45) is 2.54. The lowest BCUT2D eigenvalue weighted by atomic mass is 10.2. The Morgan fingerprint density at radius 2 is 1.66 bits per heavy atom. The number of hydrogen-bond donors (Lipinski definition) is 1. The first-order valence-corrected chi connectivity index (χ1v) is 10.5. The van der Waals surface area contributed by atoms with Gasteiger partial charge in [-0.2, -0.15) is 4.98 Å². The molecule has 3 heterocycles. The van der Waals surface area contributed by atoms with E-state index in [0.717, 1.165) is 74.8 Å². The first kappa shape index (κ1) is 18.2. The number of aromatic nitrogens is 2. The van der Waals surface area contributed by atoms with E-state index in [-0.39, 0.29) is 6.10 Å². The van der Waals surface area contributed by atoms with Crippen LogP contribution in [0.5, 0.6) is 0 Å². The lowest BCUT2D eigenvalue weighted by molar-refractivity contribution is 0.120. The summed E-state index contributed by atoms with van der Waals surface area (Å²) in [6, 6.07) is 18.8. The van der Waals surface area contributed by atoms with E-state index in [1.165, 1.54) is 5.69 Å². The SMILES string of the molecule is c1ccc(N2CCN(c3nc(NCC4CCCO4)c4ccccc4n3)CC2)cc1. The number of hydrogen-bond acceptors (Lipinski definition) is 6. The Morgan fingerprint density at radius 3 is 2.45 bits per heavy atom. The fraction of sp³-hybridized carbons (Fsp3) is 0.391. The second kappa shape index (κ2) is 8.25. The van der Waals surface area contributed by atoms with E-state index >= 15 is 0 Å². The number of ether oxygens (including phenoxy) is 1. The molecule has 0 amide bonds. The molecule has 6 nitrogen and oxygen atoms in total. The van der Waals surface area contributed by atoms with Crippen molar-refractivity contribution in [3.63, 3.8) is 0 Å². The largest absolute Gasteiger partial charge is 0.376 e. The van der Waals surface area contributed by atoms with E-state index in [4.69, 9.17) is 14.7 Å². The minimum atomic E-state index is 0.279. The van der Waals surface area contributed by atoms with Gasteiger partial charge in [0.15, 0.2) is 0 Å². The molecule has 1 unspecified atom stereocenters. The van der Waals surface area contributed by atoms with E-state index in [9.17, 15) is 0 Å². The van der Waals surface area contributed by atoms with Crippen molar-refractivity contribution >= 4 is 28.4 Å². The number of benzene rings is 2. The second-order valence-corrected chi connectivity index (χ2v) is 7.71. The monoisotopic (exact) mass is 389 g/mol. The summed E-state index contributed by atoms with van der Waals surface area (Å²) in [7, 11) is 0. The van der Waals surface area contributed by atoms with Gasteiger partial charge in [-0.1, -0.05) is 30.3 Å². The molecule has 2 saturated heterocycles. The minimum absolute atomic E-state index is 0.279. The maximum Gasteiger partial charge on any atom is 0.228 e. The van der Waals surface area contributed by atoms with Crippen molar-refractivity contribution in [2.75, 3.05) is 54.4 Å². The number of para-hydroxylation sites is 2. The van der Waals surface area contributed by atoms with Gasteiger partial charge in [-0.25, -0.2) is 4.98 Å². The van der Waals surface area contributed by atoms with Crippen LogP contribution >= 0.6 is 0 Å². The molecule has 0 aliphatic carbocycles. The highest BCUT2D eigenvalue weighted by Crippen LogP contribution is 2.25. The number of anilines is 3. The van der Waals surface area contributed by atoms with Crippen molar-refractivity contribution in [3.05, 3.63) is 54.6 Å². The summed E-state index contributed by atoms with van der Waals surface area (Å²) in [4.78, 5) is 14.5. The fourth-order valence-corrected chi connectivity index (χ4v) is 4.16. The molecule has 1 N–H and O–H groups in total. The second-order valence-electron chi connectivity index (χ2n) is 7.71. The molecule has 0 spiro atoms. The third-order valence-electron chi connectivity index (χ3n) is 5.80. The van der Waals surface area contributed by atoms with Crippen LogP contribution in [0.15, 0.2) is 54.6 Å². The Labute approximate surface area is 171 Å². The standard InChI is InChI=1S/C23H27N5O/c1-2-7-18(8-3-1)27-12-14-28(15-13-27)23-25-21-11-5-4-10-20(21)22(26-23)24-17-19-9-6-16-29-19/h1-5,7-8,10-11,19H,6,9,12-17H2,(H,24,25,26). The van der Waals surface area contributed by atoms with Gasteiger partial charge in [0, 0.05) is 50.4 Å². The molecule has 0 saturated carbocycles. The summed E-state index contributed by atoms with van der Waals surface area (Å²) in [5, 5.41) is 4.60. The molecule has 1 aromatic heterocycles. The van der Waals surface area contributed by atoms with Gasteiger partial charge < -0.3 is 19.9 Å². The van der Waals surface area contributed by atoms with Crippen LogP contribution in [0.3, 0.4) is 0 Å². The van der Waals surface area contributed by atoms with Crippen molar-refractivity contribution in [1.82, 2.24) is 9.97 Å². The smallest absolute Gasteiger partial charge is 0.228 e. The zero-order valence-electron chi connectivity index (χ0n) is 16.6. The predicted octanol–water partition coefficient (Wildman–Crippen LogP) is 3.55. The van der Waals surface area contributed by atoms with Gasteiger partial charge in [-0.15, -0.1) is 0 Å². The summed E-state index contributed by atoms with van der Waals surface area (Å²) < 4.78 is 5.77. The van der Waals surface area contributed by atoms with Crippen LogP contribution in [0.4, 0.5) is 17.5 Å². The van der Waals surface area contributed by atoms with Gasteiger partial charge in [0.1, 0.15) is 5.82 Å². The molecule has 2 fully saturated rings. The molecular weight excluding hydrogens is 362 g/mol. The molecule has 5 rings (SSSR count). The van der Waals surface area contributed by atoms with Gasteiger partial charge in [0.2, 0.25) is 5.95 Å². The maximum absolute atomic E-state index is 5.77. The molecule has 0 bridgehead atoms. The van der Waals surface area contributed by atoms with E-state index in [2.05, 4.69) is 57.6 Å². The summed E-state index contributed by atoms with van der Waals surface area (Å²) in [5.41, 5.74) is 2.27. The fourth-order valence-electron chi connectivity index (χ4n) is 4.16. The lowest BCUT2D eigenvalue weighted by Crippen LogP contribution is -2.47. The molecule has 6 heteroatoms. The van der Waals surface area contributed by atoms with Crippen LogP contribution in [0, 0.1) is 0 Å². The molecule has 3 aromatic rings. The van der Waals surface area contributed by atoms with Gasteiger partial charge in [0.25, 0.3) is 0 Å². The number of piperazine rings is 1. The van der Waals surface area contributed by atoms with Gasteiger partial charge >= 0.3 is 0 Å². The Morgan fingerprint density at radius 1 is 0.897 bits per heavy atom. The van der Waals surface area contributed by atoms with E-state index in [1.807, 2.05) is 12.1 Å². The van der Waals surface area contributed by atoms with Gasteiger partial charge in [-0.05, 0) is 37.1 Å². The molecule has 2 aliphatic heterocycles. The summed E-state index contributed by atoms with van der Waals surface area (Å²) in [6.45, 7) is 5.44. The molecule has 0 radical (unpaired) electrons. The Balaban J connectivity index is 1.34. The Hall–Kier alpha value is -2.86. The molecule has 2 aliphatic rings. The van der Waals surface area contributed by atoms with Crippen molar-refractivity contribution in [1.29, 1.82) is 0 Å². The van der Waals surface area contributed by atoms with Crippen molar-refractivity contribution in [2.24, 2.45) is 0 Å². The number of nitrogens with zero attached hydrogens (tertiary/aromatic N) is 4. The maximum atomic E-state index is 5.77. The van der Waals surface area contributed by atoms with Gasteiger partial charge in [0.05, 0.1) is 11.6 Å². The van der Waals surface area contributed by atoms with Crippen LogP contribution in [0.2, 0.25) is 0 Å². The topological polar surface area (TPSA) is 53.5 Å². The lowest BCUT2D eigenvalue weighted by Gasteiger charge is -2.36. The average molecular weight is 390 g/mol. The quantitative estimate of drug-likeness (QED) is 0.720. The minimum Gasteiger partial charge on any atom is -0.376 e. The third-order valence-corrected chi connectivity index (χ3v) is 5.80. The van der Waals surface area contributed by atoms with Crippen molar-refractivity contribution in [3.8, 4) is 0 Å². The zero-order valence-corrected chi connectivity index (χ0v) is 16.6. The molecular formula is C23H27N5O. The summed E-state index contributed by atoms with van der Waals surface area (Å²) in [5.74, 6) is 1.72. The number of fused-ring (bicyclic) bond motifs is 1. The van der Waals surface area contributed by atoms with E-state index < -0.39 is 0 Å². The first-order chi connectivity index (χ1) is 14.4. The van der Waals surface area contributed by atoms with Gasteiger partial charge in [-0.3, -0.25) is 0 Å².